The molecule has 1 fully saturated rings. The Hall–Kier alpha value is -1.54. The lowest BCUT2D eigenvalue weighted by atomic mass is 9.86. The van der Waals surface area contributed by atoms with Crippen LogP contribution in [0.2, 0.25) is 0 Å². The zero-order valence-electron chi connectivity index (χ0n) is 16.3. The van der Waals surface area contributed by atoms with Crippen LogP contribution in [0.1, 0.15) is 31.7 Å². The first-order chi connectivity index (χ1) is 13.5. The third kappa shape index (κ3) is 5.29. The van der Waals surface area contributed by atoms with Gasteiger partial charge in [0.25, 0.3) is 0 Å². The van der Waals surface area contributed by atoms with E-state index in [4.69, 9.17) is 9.47 Å². The maximum atomic E-state index is 11.9. The highest BCUT2D eigenvalue weighted by Crippen LogP contribution is 2.38. The fraction of sp³-hybridized carbons (Fsp3) is 0.429. The average Bonchev–Trinajstić information content (AvgIpc) is 2.70. The van der Waals surface area contributed by atoms with E-state index in [1.807, 2.05) is 19.1 Å². The average molecular weight is 422 g/mol. The summed E-state index contributed by atoms with van der Waals surface area (Å²) in [6.07, 6.45) is 2.29. The molecule has 1 N–H and O–H groups in total. The summed E-state index contributed by atoms with van der Waals surface area (Å²) in [5.74, 6) is 0.128. The number of hydrogen-bond acceptors (Lipinski definition) is 5. The van der Waals surface area contributed by atoms with E-state index in [1.54, 1.807) is 31.0 Å². The Labute approximate surface area is 171 Å². The Kier molecular flexibility index (Phi) is 7.04. The van der Waals surface area contributed by atoms with Gasteiger partial charge in [-0.1, -0.05) is 30.8 Å². The van der Waals surface area contributed by atoms with E-state index in [2.05, 4.69) is 29.0 Å². The molecule has 0 amide bonds. The van der Waals surface area contributed by atoms with Crippen LogP contribution in [0.25, 0.3) is 0 Å². The molecule has 5 nitrogen and oxygen atoms in total. The molecule has 2 aromatic carbocycles. The van der Waals surface area contributed by atoms with Gasteiger partial charge in [0.2, 0.25) is 10.0 Å². The molecule has 0 spiro atoms. The smallest absolute Gasteiger partial charge is 0.232 e. The van der Waals surface area contributed by atoms with Gasteiger partial charge >= 0.3 is 0 Å². The maximum absolute atomic E-state index is 11.9. The quantitative estimate of drug-likeness (QED) is 0.673. The highest BCUT2D eigenvalue weighted by Gasteiger charge is 2.34. The van der Waals surface area contributed by atoms with Crippen molar-refractivity contribution < 1.29 is 17.9 Å². The van der Waals surface area contributed by atoms with Gasteiger partial charge in [-0.2, -0.15) is 0 Å². The largest absolute Gasteiger partial charge is 0.381 e. The Morgan fingerprint density at radius 3 is 2.46 bits per heavy atom. The molecule has 1 saturated heterocycles. The summed E-state index contributed by atoms with van der Waals surface area (Å²) in [4.78, 5) is 2.17. The first-order valence-electron chi connectivity index (χ1n) is 9.48. The molecule has 0 bridgehead atoms. The van der Waals surface area contributed by atoms with Gasteiger partial charge in [0.1, 0.15) is 0 Å². The number of benzene rings is 2. The van der Waals surface area contributed by atoms with Crippen molar-refractivity contribution in [1.29, 1.82) is 0 Å². The summed E-state index contributed by atoms with van der Waals surface area (Å²) < 4.78 is 37.8. The summed E-state index contributed by atoms with van der Waals surface area (Å²) in [5.41, 5.74) is 1.48. The summed E-state index contributed by atoms with van der Waals surface area (Å²) in [5, 5.41) is 0. The molecule has 0 atom stereocenters. The summed E-state index contributed by atoms with van der Waals surface area (Å²) in [6.45, 7) is 3.27. The lowest BCUT2D eigenvalue weighted by Crippen LogP contribution is -2.35. The van der Waals surface area contributed by atoms with Crippen LogP contribution < -0.4 is 4.72 Å². The van der Waals surface area contributed by atoms with Crippen molar-refractivity contribution in [2.45, 2.75) is 41.6 Å². The van der Waals surface area contributed by atoms with Gasteiger partial charge < -0.3 is 9.47 Å². The van der Waals surface area contributed by atoms with Gasteiger partial charge in [-0.05, 0) is 48.4 Å². The van der Waals surface area contributed by atoms with Gasteiger partial charge in [-0.3, -0.25) is 4.72 Å². The molecule has 0 aromatic heterocycles. The molecule has 152 valence electrons. The molecule has 2 aromatic rings. The van der Waals surface area contributed by atoms with Gasteiger partial charge in [0.15, 0.2) is 0 Å². The molecule has 1 heterocycles. The van der Waals surface area contributed by atoms with Crippen molar-refractivity contribution in [3.05, 3.63) is 54.1 Å². The molecule has 1 aliphatic heterocycles. The second kappa shape index (κ2) is 9.31. The molecule has 0 saturated carbocycles. The number of ether oxygens (including phenoxy) is 2. The zero-order chi connectivity index (χ0) is 20.0. The van der Waals surface area contributed by atoms with Crippen LogP contribution in [0.15, 0.2) is 58.3 Å². The fourth-order valence-corrected chi connectivity index (χ4v) is 5.39. The van der Waals surface area contributed by atoms with Gasteiger partial charge in [0, 0.05) is 48.6 Å². The van der Waals surface area contributed by atoms with Crippen LogP contribution >= 0.6 is 11.8 Å². The molecule has 3 rings (SSSR count). The second-order valence-corrected chi connectivity index (χ2v) is 9.87. The SMILES string of the molecule is CCCS(=O)(=O)Nc1ccc(Sc2cccc(C3(OC)CCOCC3)c2)cc1. The zero-order valence-corrected chi connectivity index (χ0v) is 17.9. The third-order valence-corrected chi connectivity index (χ3v) is 7.38. The lowest BCUT2D eigenvalue weighted by molar-refractivity contribution is -0.0948. The van der Waals surface area contributed by atoms with Crippen molar-refractivity contribution in [3.63, 3.8) is 0 Å². The monoisotopic (exact) mass is 421 g/mol. The number of nitrogens with one attached hydrogen (secondary N) is 1. The van der Waals surface area contributed by atoms with Crippen molar-refractivity contribution in [1.82, 2.24) is 0 Å². The van der Waals surface area contributed by atoms with Crippen molar-refractivity contribution in [2.75, 3.05) is 30.8 Å². The maximum Gasteiger partial charge on any atom is 0.232 e. The van der Waals surface area contributed by atoms with Crippen LogP contribution in [0.5, 0.6) is 0 Å². The minimum atomic E-state index is -3.27. The van der Waals surface area contributed by atoms with E-state index in [-0.39, 0.29) is 11.4 Å². The number of anilines is 1. The standard InChI is InChI=1S/C21H27NO4S2/c1-3-15-28(23,24)22-18-7-9-19(10-8-18)27-20-6-4-5-17(16-20)21(25-2)11-13-26-14-12-21/h4-10,16,22H,3,11-15H2,1-2H3. The van der Waals surface area contributed by atoms with Gasteiger partial charge in [-0.15, -0.1) is 0 Å². The second-order valence-electron chi connectivity index (χ2n) is 6.89. The van der Waals surface area contributed by atoms with Crippen LogP contribution in [0.4, 0.5) is 5.69 Å². The van der Waals surface area contributed by atoms with Crippen LogP contribution in [-0.2, 0) is 25.1 Å². The Balaban J connectivity index is 1.72. The van der Waals surface area contributed by atoms with Crippen molar-refractivity contribution in [2.24, 2.45) is 0 Å². The van der Waals surface area contributed by atoms with Crippen LogP contribution in [0, 0.1) is 0 Å². The van der Waals surface area contributed by atoms with Crippen molar-refractivity contribution >= 4 is 27.5 Å². The third-order valence-electron chi connectivity index (χ3n) is 4.89. The van der Waals surface area contributed by atoms with Crippen LogP contribution in [-0.4, -0.2) is 34.5 Å². The summed E-state index contributed by atoms with van der Waals surface area (Å²) in [6, 6.07) is 15.9. The van der Waals surface area contributed by atoms with Crippen LogP contribution in [0.3, 0.4) is 0 Å². The molecular weight excluding hydrogens is 394 g/mol. The number of methoxy groups -OCH3 is 1. The van der Waals surface area contributed by atoms with E-state index in [1.165, 1.54) is 5.56 Å². The molecule has 1 aliphatic rings. The van der Waals surface area contributed by atoms with E-state index < -0.39 is 10.0 Å². The molecule has 7 heteroatoms. The minimum absolute atomic E-state index is 0.128. The van der Waals surface area contributed by atoms with E-state index >= 15 is 0 Å². The predicted octanol–water partition coefficient (Wildman–Crippen LogP) is 4.64. The molecule has 0 unspecified atom stereocenters. The number of hydrogen-bond donors (Lipinski definition) is 1. The molecule has 28 heavy (non-hydrogen) atoms. The molecule has 0 radical (unpaired) electrons. The first-order valence-corrected chi connectivity index (χ1v) is 11.9. The van der Waals surface area contributed by atoms with Gasteiger partial charge in [0.05, 0.1) is 11.4 Å². The van der Waals surface area contributed by atoms with E-state index in [0.717, 1.165) is 22.6 Å². The highest BCUT2D eigenvalue weighted by atomic mass is 32.2. The number of sulfonamides is 1. The first kappa shape index (κ1) is 21.2. The Morgan fingerprint density at radius 1 is 1.11 bits per heavy atom. The number of rotatable bonds is 8. The summed E-state index contributed by atoms with van der Waals surface area (Å²) in [7, 11) is -1.50. The summed E-state index contributed by atoms with van der Waals surface area (Å²) >= 11 is 1.65. The topological polar surface area (TPSA) is 64.6 Å². The fourth-order valence-electron chi connectivity index (χ4n) is 3.38. The van der Waals surface area contributed by atoms with E-state index in [0.29, 0.717) is 25.3 Å². The minimum Gasteiger partial charge on any atom is -0.381 e. The highest BCUT2D eigenvalue weighted by molar-refractivity contribution is 7.99. The van der Waals surface area contributed by atoms with Crippen molar-refractivity contribution in [3.8, 4) is 0 Å². The Bertz CT molecular complexity index is 876. The molecular formula is C21H27NO4S2. The van der Waals surface area contributed by atoms with E-state index in [9.17, 15) is 8.42 Å². The normalized spacial score (nSPS) is 16.6. The lowest BCUT2D eigenvalue weighted by Gasteiger charge is -2.36. The molecule has 0 aliphatic carbocycles. The Morgan fingerprint density at radius 2 is 1.82 bits per heavy atom. The van der Waals surface area contributed by atoms with Gasteiger partial charge in [-0.25, -0.2) is 8.42 Å². The predicted molar refractivity (Wildman–Crippen MR) is 113 cm³/mol.